The number of hydrogen-bond donors (Lipinski definition) is 3. The molecule has 1 aliphatic rings. The van der Waals surface area contributed by atoms with Crippen LogP contribution in [0.2, 0.25) is 0 Å². The molecule has 3 atom stereocenters. The van der Waals surface area contributed by atoms with Crippen molar-refractivity contribution >= 4 is 29.6 Å². The molecule has 0 spiro atoms. The highest BCUT2D eigenvalue weighted by Crippen LogP contribution is 2.20. The summed E-state index contributed by atoms with van der Waals surface area (Å²) >= 11 is 0. The van der Waals surface area contributed by atoms with Gasteiger partial charge in [0.05, 0.1) is 0 Å². The normalized spacial score (nSPS) is 18.1. The molecule has 1 fully saturated rings. The molecule has 0 unspecified atom stereocenters. The Hall–Kier alpha value is -2.65. The quantitative estimate of drug-likeness (QED) is 0.470. The van der Waals surface area contributed by atoms with Gasteiger partial charge in [0.25, 0.3) is 0 Å². The summed E-state index contributed by atoms with van der Waals surface area (Å²) in [6, 6.07) is -2.32. The van der Waals surface area contributed by atoms with Crippen molar-refractivity contribution in [1.82, 2.24) is 20.4 Å². The lowest BCUT2D eigenvalue weighted by atomic mass is 10.0. The van der Waals surface area contributed by atoms with Crippen LogP contribution < -0.4 is 10.6 Å². The number of aliphatic carboxylic acids is 1. The van der Waals surface area contributed by atoms with E-state index in [0.717, 1.165) is 0 Å². The van der Waals surface area contributed by atoms with Crippen molar-refractivity contribution in [3.05, 3.63) is 0 Å². The lowest BCUT2D eigenvalue weighted by molar-refractivity contribution is -0.146. The molecular weight excluding hydrogens is 380 g/mol. The topological polar surface area (TPSA) is 136 Å². The Bertz CT molecular complexity index is 651. The smallest absolute Gasteiger partial charge is 0.322 e. The van der Waals surface area contributed by atoms with Gasteiger partial charge in [-0.1, -0.05) is 13.8 Å². The van der Waals surface area contributed by atoms with Gasteiger partial charge >= 0.3 is 5.97 Å². The van der Waals surface area contributed by atoms with Gasteiger partial charge in [0.2, 0.25) is 23.6 Å². The molecule has 0 bridgehead atoms. The van der Waals surface area contributed by atoms with Crippen molar-refractivity contribution < 1.29 is 29.1 Å². The van der Waals surface area contributed by atoms with Crippen LogP contribution in [0.1, 0.15) is 47.0 Å². The van der Waals surface area contributed by atoms with Crippen LogP contribution in [0.5, 0.6) is 0 Å². The van der Waals surface area contributed by atoms with Crippen molar-refractivity contribution in [2.45, 2.75) is 65.1 Å². The summed E-state index contributed by atoms with van der Waals surface area (Å²) in [5.41, 5.74) is 0. The van der Waals surface area contributed by atoms with Gasteiger partial charge in [-0.15, -0.1) is 0 Å². The zero-order valence-electron chi connectivity index (χ0n) is 17.7. The molecule has 1 heterocycles. The van der Waals surface area contributed by atoms with E-state index in [1.807, 2.05) is 13.8 Å². The Morgan fingerprint density at radius 2 is 1.79 bits per heavy atom. The zero-order valence-corrected chi connectivity index (χ0v) is 17.7. The maximum absolute atomic E-state index is 12.8. The molecule has 1 saturated heterocycles. The van der Waals surface area contributed by atoms with Gasteiger partial charge in [0, 0.05) is 20.5 Å². The van der Waals surface area contributed by atoms with E-state index in [1.165, 1.54) is 23.8 Å². The third-order valence-corrected chi connectivity index (χ3v) is 5.03. The van der Waals surface area contributed by atoms with E-state index in [2.05, 4.69) is 10.6 Å². The zero-order chi connectivity index (χ0) is 22.3. The predicted octanol–water partition coefficient (Wildman–Crippen LogP) is -0.424. The van der Waals surface area contributed by atoms with Crippen LogP contribution in [-0.2, 0) is 24.0 Å². The van der Waals surface area contributed by atoms with Crippen molar-refractivity contribution in [1.29, 1.82) is 0 Å². The molecule has 1 rings (SSSR count). The minimum absolute atomic E-state index is 0.0847. The standard InChI is InChI=1S/C19H32N4O6/c1-11(2)9-14(17(27)20-10-16(25)26)21-18(28)15-7-6-8-23(15)19(29)12(3)22(5)13(4)24/h11-12,14-15H,6-10H2,1-5H3,(H,20,27)(H,21,28)(H,25,26)/t12-,14-,15-/m0/s1. The first kappa shape index (κ1) is 24.4. The Morgan fingerprint density at radius 3 is 2.31 bits per heavy atom. The van der Waals surface area contributed by atoms with Crippen LogP contribution >= 0.6 is 0 Å². The molecule has 0 radical (unpaired) electrons. The lowest BCUT2D eigenvalue weighted by Crippen LogP contribution is -2.56. The number of amides is 4. The van der Waals surface area contributed by atoms with E-state index in [4.69, 9.17) is 5.11 Å². The molecule has 4 amide bonds. The van der Waals surface area contributed by atoms with Crippen molar-refractivity contribution in [2.75, 3.05) is 20.1 Å². The van der Waals surface area contributed by atoms with Gasteiger partial charge < -0.3 is 25.5 Å². The number of likely N-dealkylation sites (tertiary alicyclic amines) is 1. The Balaban J connectivity index is 2.86. The number of carboxylic acid groups (broad SMARTS) is 1. The monoisotopic (exact) mass is 412 g/mol. The summed E-state index contributed by atoms with van der Waals surface area (Å²) in [7, 11) is 1.53. The average Bonchev–Trinajstić information content (AvgIpc) is 3.12. The third kappa shape index (κ3) is 7.03. The van der Waals surface area contributed by atoms with E-state index < -0.39 is 42.5 Å². The fraction of sp³-hybridized carbons (Fsp3) is 0.737. The lowest BCUT2D eigenvalue weighted by Gasteiger charge is -2.31. The number of carboxylic acids is 1. The van der Waals surface area contributed by atoms with Crippen LogP contribution in [0.4, 0.5) is 0 Å². The first-order chi connectivity index (χ1) is 13.5. The minimum Gasteiger partial charge on any atom is -0.480 e. The highest BCUT2D eigenvalue weighted by molar-refractivity contribution is 5.94. The second-order valence-electron chi connectivity index (χ2n) is 7.80. The fourth-order valence-corrected chi connectivity index (χ4v) is 3.24. The summed E-state index contributed by atoms with van der Waals surface area (Å²) in [5, 5.41) is 13.7. The molecule has 10 nitrogen and oxygen atoms in total. The molecule has 0 aromatic heterocycles. The Kier molecular flexibility index (Phi) is 9.06. The van der Waals surface area contributed by atoms with Gasteiger partial charge in [-0.3, -0.25) is 24.0 Å². The number of likely N-dealkylation sites (N-methyl/N-ethyl adjacent to an activating group) is 1. The second kappa shape index (κ2) is 10.8. The van der Waals surface area contributed by atoms with Crippen molar-refractivity contribution in [2.24, 2.45) is 5.92 Å². The largest absolute Gasteiger partial charge is 0.480 e. The Labute approximate surface area is 171 Å². The predicted molar refractivity (Wildman–Crippen MR) is 105 cm³/mol. The van der Waals surface area contributed by atoms with Crippen molar-refractivity contribution in [3.63, 3.8) is 0 Å². The summed E-state index contributed by atoms with van der Waals surface area (Å²) < 4.78 is 0. The van der Waals surface area contributed by atoms with Crippen LogP contribution in [0, 0.1) is 5.92 Å². The number of nitrogens with one attached hydrogen (secondary N) is 2. The molecule has 10 heteroatoms. The SMILES string of the molecule is CC(=O)N(C)[C@@H](C)C(=O)N1CCC[C@H]1C(=O)N[C@@H](CC(C)C)C(=O)NCC(=O)O. The number of rotatable bonds is 9. The number of hydrogen-bond acceptors (Lipinski definition) is 5. The van der Waals surface area contributed by atoms with Crippen LogP contribution in [-0.4, -0.2) is 82.8 Å². The van der Waals surface area contributed by atoms with Gasteiger partial charge in [-0.25, -0.2) is 0 Å². The van der Waals surface area contributed by atoms with Gasteiger partial charge in [-0.2, -0.15) is 0 Å². The van der Waals surface area contributed by atoms with E-state index in [9.17, 15) is 24.0 Å². The average molecular weight is 412 g/mol. The number of carbonyl (C=O) groups is 5. The van der Waals surface area contributed by atoms with E-state index in [1.54, 1.807) is 6.92 Å². The molecule has 0 aliphatic carbocycles. The molecule has 0 aromatic rings. The molecule has 1 aliphatic heterocycles. The summed E-state index contributed by atoms with van der Waals surface area (Å²) in [6.45, 7) is 6.60. The van der Waals surface area contributed by atoms with Gasteiger partial charge in [-0.05, 0) is 32.1 Å². The first-order valence-electron chi connectivity index (χ1n) is 9.79. The summed E-state index contributed by atoms with van der Waals surface area (Å²) in [5.74, 6) is -2.69. The number of carbonyl (C=O) groups excluding carboxylic acids is 4. The summed E-state index contributed by atoms with van der Waals surface area (Å²) in [4.78, 5) is 62.9. The second-order valence-corrected chi connectivity index (χ2v) is 7.80. The minimum atomic E-state index is -1.18. The van der Waals surface area contributed by atoms with E-state index in [-0.39, 0.29) is 17.7 Å². The van der Waals surface area contributed by atoms with E-state index in [0.29, 0.717) is 25.8 Å². The molecule has 3 N–H and O–H groups in total. The molecule has 0 saturated carbocycles. The number of nitrogens with zero attached hydrogens (tertiary/aromatic N) is 2. The van der Waals surface area contributed by atoms with Crippen LogP contribution in [0.3, 0.4) is 0 Å². The van der Waals surface area contributed by atoms with Crippen LogP contribution in [0.15, 0.2) is 0 Å². The highest BCUT2D eigenvalue weighted by Gasteiger charge is 2.38. The molecule has 0 aromatic carbocycles. The molecule has 29 heavy (non-hydrogen) atoms. The van der Waals surface area contributed by atoms with Gasteiger partial charge in [0.15, 0.2) is 0 Å². The third-order valence-electron chi connectivity index (χ3n) is 5.03. The van der Waals surface area contributed by atoms with E-state index >= 15 is 0 Å². The molecule has 164 valence electrons. The summed E-state index contributed by atoms with van der Waals surface area (Å²) in [6.07, 6.45) is 1.43. The highest BCUT2D eigenvalue weighted by atomic mass is 16.4. The Morgan fingerprint density at radius 1 is 1.17 bits per heavy atom. The maximum atomic E-state index is 12.8. The molecular formula is C19H32N4O6. The fourth-order valence-electron chi connectivity index (χ4n) is 3.24. The maximum Gasteiger partial charge on any atom is 0.322 e. The first-order valence-corrected chi connectivity index (χ1v) is 9.79. The van der Waals surface area contributed by atoms with Crippen molar-refractivity contribution in [3.8, 4) is 0 Å². The van der Waals surface area contributed by atoms with Crippen LogP contribution in [0.25, 0.3) is 0 Å². The van der Waals surface area contributed by atoms with Gasteiger partial charge in [0.1, 0.15) is 24.7 Å².